The number of primary amides is 1. The van der Waals surface area contributed by atoms with Crippen LogP contribution < -0.4 is 19.7 Å². The minimum Gasteiger partial charge on any atom is -0.494 e. The largest absolute Gasteiger partial charge is 0.494 e. The van der Waals surface area contributed by atoms with Crippen LogP contribution in [0.25, 0.3) is 11.1 Å². The predicted octanol–water partition coefficient (Wildman–Crippen LogP) is 5.57. The van der Waals surface area contributed by atoms with E-state index in [2.05, 4.69) is 31.0 Å². The lowest BCUT2D eigenvalue weighted by Gasteiger charge is -2.21. The van der Waals surface area contributed by atoms with E-state index in [0.29, 0.717) is 24.6 Å². The standard InChI is InChI=1S/C27H30N4O3S/c28-26(32)31(35)22-12-9-13-23(20-22)34-19-8-2-7-16-29-17-18-30(27(29)33)25-15-6-5-14-24(25)21-10-3-1-4-11-21/h1,3-6,9-15,20,35H,2,7-8,16-19H2,(H2,28,32). The maximum atomic E-state index is 13.1. The summed E-state index contributed by atoms with van der Waals surface area (Å²) in [7, 11) is 0. The van der Waals surface area contributed by atoms with Crippen LogP contribution in [0.4, 0.5) is 21.0 Å². The Morgan fingerprint density at radius 2 is 1.71 bits per heavy atom. The van der Waals surface area contributed by atoms with Gasteiger partial charge in [-0.05, 0) is 43.0 Å². The Morgan fingerprint density at radius 3 is 2.51 bits per heavy atom. The van der Waals surface area contributed by atoms with Gasteiger partial charge in [0.15, 0.2) is 0 Å². The van der Waals surface area contributed by atoms with Gasteiger partial charge in [-0.15, -0.1) is 0 Å². The lowest BCUT2D eigenvalue weighted by molar-refractivity contribution is 0.219. The van der Waals surface area contributed by atoms with Gasteiger partial charge in [-0.2, -0.15) is 0 Å². The lowest BCUT2D eigenvalue weighted by atomic mass is 10.0. The van der Waals surface area contributed by atoms with Crippen molar-refractivity contribution in [1.82, 2.24) is 4.90 Å². The molecular formula is C27H30N4O3S. The van der Waals surface area contributed by atoms with Crippen LogP contribution >= 0.6 is 12.8 Å². The van der Waals surface area contributed by atoms with Crippen molar-refractivity contribution < 1.29 is 14.3 Å². The van der Waals surface area contributed by atoms with Gasteiger partial charge in [0.05, 0.1) is 18.0 Å². The summed E-state index contributed by atoms with van der Waals surface area (Å²) in [6, 6.07) is 24.7. The first-order valence-electron chi connectivity index (χ1n) is 11.8. The second-order valence-electron chi connectivity index (χ2n) is 8.36. The van der Waals surface area contributed by atoms with Crippen LogP contribution in [-0.4, -0.2) is 43.2 Å². The van der Waals surface area contributed by atoms with Crippen molar-refractivity contribution in [3.63, 3.8) is 0 Å². The van der Waals surface area contributed by atoms with Crippen LogP contribution in [0.1, 0.15) is 19.3 Å². The summed E-state index contributed by atoms with van der Waals surface area (Å²) in [5.41, 5.74) is 8.94. The van der Waals surface area contributed by atoms with Gasteiger partial charge in [-0.3, -0.25) is 4.90 Å². The molecule has 1 aliphatic rings. The molecule has 0 saturated carbocycles. The van der Waals surface area contributed by atoms with Crippen LogP contribution in [-0.2, 0) is 0 Å². The first-order valence-corrected chi connectivity index (χ1v) is 12.2. The van der Waals surface area contributed by atoms with Crippen molar-refractivity contribution >= 4 is 36.3 Å². The van der Waals surface area contributed by atoms with Crippen molar-refractivity contribution in [2.45, 2.75) is 19.3 Å². The number of ether oxygens (including phenoxy) is 1. The number of nitrogens with two attached hydrogens (primary N) is 1. The Labute approximate surface area is 211 Å². The molecule has 0 spiro atoms. The Balaban J connectivity index is 1.23. The summed E-state index contributed by atoms with van der Waals surface area (Å²) in [6.07, 6.45) is 2.73. The van der Waals surface area contributed by atoms with E-state index in [1.54, 1.807) is 18.2 Å². The van der Waals surface area contributed by atoms with Gasteiger partial charge in [0.1, 0.15) is 5.75 Å². The zero-order valence-electron chi connectivity index (χ0n) is 19.5. The zero-order chi connectivity index (χ0) is 24.6. The molecule has 35 heavy (non-hydrogen) atoms. The molecule has 1 heterocycles. The van der Waals surface area contributed by atoms with Crippen molar-refractivity contribution in [3.8, 4) is 16.9 Å². The second kappa shape index (κ2) is 11.7. The number of nitrogens with zero attached hydrogens (tertiary/aromatic N) is 3. The van der Waals surface area contributed by atoms with Crippen molar-refractivity contribution in [2.24, 2.45) is 5.73 Å². The zero-order valence-corrected chi connectivity index (χ0v) is 20.4. The van der Waals surface area contributed by atoms with Gasteiger partial charge in [-0.25, -0.2) is 13.9 Å². The van der Waals surface area contributed by atoms with Crippen molar-refractivity contribution in [1.29, 1.82) is 0 Å². The Bertz CT molecular complexity index is 1160. The van der Waals surface area contributed by atoms with Crippen LogP contribution in [0.3, 0.4) is 0 Å². The van der Waals surface area contributed by atoms with Crippen molar-refractivity contribution in [3.05, 3.63) is 78.9 Å². The molecule has 3 aromatic rings. The summed E-state index contributed by atoms with van der Waals surface area (Å²) in [5, 5.41) is 0. The van der Waals surface area contributed by atoms with E-state index in [9.17, 15) is 9.59 Å². The maximum Gasteiger partial charge on any atom is 0.329 e. The molecule has 7 nitrogen and oxygen atoms in total. The molecule has 0 aliphatic carbocycles. The molecule has 1 fully saturated rings. The quantitative estimate of drug-likeness (QED) is 0.288. The van der Waals surface area contributed by atoms with Crippen LogP contribution in [0, 0.1) is 0 Å². The number of urea groups is 2. The molecular weight excluding hydrogens is 460 g/mol. The first-order chi connectivity index (χ1) is 17.0. The molecule has 0 unspecified atom stereocenters. The molecule has 4 rings (SSSR count). The molecule has 3 aromatic carbocycles. The highest BCUT2D eigenvalue weighted by Gasteiger charge is 2.30. The lowest BCUT2D eigenvalue weighted by Crippen LogP contribution is -2.32. The smallest absolute Gasteiger partial charge is 0.329 e. The maximum absolute atomic E-state index is 13.1. The topological polar surface area (TPSA) is 79.1 Å². The molecule has 0 aromatic heterocycles. The summed E-state index contributed by atoms with van der Waals surface area (Å²) in [4.78, 5) is 28.2. The van der Waals surface area contributed by atoms with E-state index in [1.165, 1.54) is 0 Å². The van der Waals surface area contributed by atoms with Gasteiger partial charge in [-0.1, -0.05) is 67.4 Å². The van der Waals surface area contributed by atoms with Crippen LogP contribution in [0.15, 0.2) is 78.9 Å². The number of carbonyl (C=O) groups excluding carboxylic acids is 2. The third-order valence-electron chi connectivity index (χ3n) is 5.99. The highest BCUT2D eigenvalue weighted by atomic mass is 32.1. The van der Waals surface area contributed by atoms with Gasteiger partial charge in [0, 0.05) is 31.3 Å². The number of para-hydroxylation sites is 1. The molecule has 0 atom stereocenters. The SMILES string of the molecule is NC(=O)N(S)c1cccc(OCCCCCN2CCN(c3ccccc3-c3ccccc3)C2=O)c1. The van der Waals surface area contributed by atoms with E-state index >= 15 is 0 Å². The average Bonchev–Trinajstić information content (AvgIpc) is 3.26. The van der Waals surface area contributed by atoms with Gasteiger partial charge >= 0.3 is 12.1 Å². The first kappa shape index (κ1) is 24.5. The summed E-state index contributed by atoms with van der Waals surface area (Å²) >= 11 is 4.07. The van der Waals surface area contributed by atoms with Gasteiger partial charge in [0.2, 0.25) is 0 Å². The summed E-state index contributed by atoms with van der Waals surface area (Å²) < 4.78 is 6.87. The fourth-order valence-electron chi connectivity index (χ4n) is 4.19. The van der Waals surface area contributed by atoms with Crippen LogP contribution in [0.5, 0.6) is 5.75 Å². The summed E-state index contributed by atoms with van der Waals surface area (Å²) in [6.45, 7) is 2.70. The minimum absolute atomic E-state index is 0.0622. The molecule has 0 bridgehead atoms. The fraction of sp³-hybridized carbons (Fsp3) is 0.259. The number of amides is 4. The van der Waals surface area contributed by atoms with Gasteiger partial charge < -0.3 is 15.4 Å². The summed E-state index contributed by atoms with van der Waals surface area (Å²) in [5.74, 6) is 0.658. The van der Waals surface area contributed by atoms with E-state index in [-0.39, 0.29) is 6.03 Å². The number of hydrogen-bond acceptors (Lipinski definition) is 4. The van der Waals surface area contributed by atoms with Crippen molar-refractivity contribution in [2.75, 3.05) is 35.4 Å². The molecule has 1 aliphatic heterocycles. The fourth-order valence-corrected chi connectivity index (χ4v) is 4.31. The number of thiol groups is 1. The second-order valence-corrected chi connectivity index (χ2v) is 8.76. The van der Waals surface area contributed by atoms with E-state index < -0.39 is 6.03 Å². The third-order valence-corrected chi connectivity index (χ3v) is 6.41. The molecule has 1 saturated heterocycles. The number of carbonyl (C=O) groups is 2. The molecule has 0 radical (unpaired) electrons. The van der Waals surface area contributed by atoms with E-state index in [1.807, 2.05) is 52.3 Å². The number of hydrogen-bond donors (Lipinski definition) is 2. The predicted molar refractivity (Wildman–Crippen MR) is 143 cm³/mol. The molecule has 2 N–H and O–H groups in total. The number of unbranched alkanes of at least 4 members (excludes halogenated alkanes) is 2. The highest BCUT2D eigenvalue weighted by Crippen LogP contribution is 2.32. The average molecular weight is 491 g/mol. The number of benzene rings is 3. The third kappa shape index (κ3) is 6.08. The normalized spacial score (nSPS) is 13.2. The minimum atomic E-state index is -0.649. The van der Waals surface area contributed by atoms with E-state index in [0.717, 1.165) is 53.5 Å². The molecule has 4 amide bonds. The molecule has 8 heteroatoms. The molecule has 182 valence electrons. The Hall–Kier alpha value is -3.65. The number of anilines is 2. The Kier molecular flexibility index (Phi) is 8.15. The monoisotopic (exact) mass is 490 g/mol. The Morgan fingerprint density at radius 1 is 0.943 bits per heavy atom. The van der Waals surface area contributed by atoms with E-state index in [4.69, 9.17) is 10.5 Å². The van der Waals surface area contributed by atoms with Gasteiger partial charge in [0.25, 0.3) is 0 Å². The number of rotatable bonds is 10. The van der Waals surface area contributed by atoms with Crippen LogP contribution in [0.2, 0.25) is 0 Å². The highest BCUT2D eigenvalue weighted by molar-refractivity contribution is 7.82.